The highest BCUT2D eigenvalue weighted by Gasteiger charge is 2.34. The number of rotatable bonds is 2. The second-order valence-electron chi connectivity index (χ2n) is 5.31. The number of hydrogen-bond acceptors (Lipinski definition) is 2. The van der Waals surface area contributed by atoms with Crippen LogP contribution in [0.15, 0.2) is 22.7 Å². The minimum atomic E-state index is -0.161. The highest BCUT2D eigenvalue weighted by atomic mass is 79.9. The van der Waals surface area contributed by atoms with Crippen molar-refractivity contribution in [2.75, 3.05) is 19.6 Å². The minimum absolute atomic E-state index is 0.161. The predicted octanol–water partition coefficient (Wildman–Crippen LogP) is 2.77. The van der Waals surface area contributed by atoms with Gasteiger partial charge in [-0.1, -0.05) is 12.1 Å². The molecule has 2 fully saturated rings. The number of piperidine rings is 1. The number of likely N-dealkylation sites (tertiary alicyclic amines) is 1. The van der Waals surface area contributed by atoms with Crippen LogP contribution in [0, 0.1) is 11.7 Å². The lowest BCUT2D eigenvalue weighted by Crippen LogP contribution is -2.44. The van der Waals surface area contributed by atoms with Gasteiger partial charge in [-0.25, -0.2) is 4.39 Å². The molecule has 0 spiro atoms. The summed E-state index contributed by atoms with van der Waals surface area (Å²) in [4.78, 5) is 2.51. The zero-order chi connectivity index (χ0) is 12.5. The molecule has 4 heteroatoms. The van der Waals surface area contributed by atoms with Crippen molar-refractivity contribution in [2.24, 2.45) is 5.92 Å². The average Bonchev–Trinajstić information content (AvgIpc) is 2.84. The second-order valence-corrected chi connectivity index (χ2v) is 6.10. The highest BCUT2D eigenvalue weighted by Crippen LogP contribution is 2.29. The van der Waals surface area contributed by atoms with E-state index in [1.165, 1.54) is 18.9 Å². The van der Waals surface area contributed by atoms with Gasteiger partial charge in [-0.3, -0.25) is 4.90 Å². The van der Waals surface area contributed by atoms with Crippen LogP contribution in [-0.2, 0) is 6.54 Å². The number of benzene rings is 1. The molecule has 2 unspecified atom stereocenters. The first-order chi connectivity index (χ1) is 8.75. The first-order valence-electron chi connectivity index (χ1n) is 6.63. The van der Waals surface area contributed by atoms with Gasteiger partial charge in [0.05, 0.1) is 4.47 Å². The third kappa shape index (κ3) is 2.33. The van der Waals surface area contributed by atoms with Gasteiger partial charge in [-0.05, 0) is 59.4 Å². The summed E-state index contributed by atoms with van der Waals surface area (Å²) in [7, 11) is 0. The van der Waals surface area contributed by atoms with Crippen LogP contribution in [0.1, 0.15) is 18.4 Å². The van der Waals surface area contributed by atoms with E-state index in [9.17, 15) is 4.39 Å². The molecule has 0 aromatic heterocycles. The lowest BCUT2D eigenvalue weighted by Gasteiger charge is -2.37. The molecule has 2 nitrogen and oxygen atoms in total. The van der Waals surface area contributed by atoms with Crippen molar-refractivity contribution in [3.63, 3.8) is 0 Å². The van der Waals surface area contributed by atoms with Gasteiger partial charge >= 0.3 is 0 Å². The molecular weight excluding hydrogens is 295 g/mol. The smallest absolute Gasteiger partial charge is 0.137 e. The summed E-state index contributed by atoms with van der Waals surface area (Å²) in [5.74, 6) is 0.622. The molecule has 0 aliphatic carbocycles. The third-order valence-electron chi connectivity index (χ3n) is 4.20. The molecule has 2 atom stereocenters. The fraction of sp³-hybridized carbons (Fsp3) is 0.571. The van der Waals surface area contributed by atoms with Crippen molar-refractivity contribution < 1.29 is 4.39 Å². The Labute approximate surface area is 116 Å². The average molecular weight is 313 g/mol. The summed E-state index contributed by atoms with van der Waals surface area (Å²) in [6.45, 7) is 4.20. The van der Waals surface area contributed by atoms with Crippen LogP contribution in [-0.4, -0.2) is 30.6 Å². The molecule has 0 bridgehead atoms. The van der Waals surface area contributed by atoms with Gasteiger partial charge in [0.25, 0.3) is 0 Å². The van der Waals surface area contributed by atoms with Crippen LogP contribution in [0.2, 0.25) is 0 Å². The largest absolute Gasteiger partial charge is 0.315 e. The molecule has 1 N–H and O–H groups in total. The molecule has 0 radical (unpaired) electrons. The Morgan fingerprint density at radius 3 is 3.17 bits per heavy atom. The third-order valence-corrected chi connectivity index (χ3v) is 5.09. The van der Waals surface area contributed by atoms with Crippen molar-refractivity contribution >= 4 is 15.9 Å². The summed E-state index contributed by atoms with van der Waals surface area (Å²) in [5, 5.41) is 3.48. The first-order valence-corrected chi connectivity index (χ1v) is 7.42. The second kappa shape index (κ2) is 5.27. The Morgan fingerprint density at radius 1 is 1.39 bits per heavy atom. The number of nitrogens with one attached hydrogen (secondary N) is 1. The Kier molecular flexibility index (Phi) is 3.68. The Morgan fingerprint density at radius 2 is 2.28 bits per heavy atom. The lowest BCUT2D eigenvalue weighted by atomic mass is 9.91. The fourth-order valence-electron chi connectivity index (χ4n) is 3.25. The van der Waals surface area contributed by atoms with Crippen LogP contribution in [0.4, 0.5) is 4.39 Å². The summed E-state index contributed by atoms with van der Waals surface area (Å²) >= 11 is 3.36. The lowest BCUT2D eigenvalue weighted by molar-refractivity contribution is 0.117. The van der Waals surface area contributed by atoms with Crippen LogP contribution in [0.5, 0.6) is 0 Å². The van der Waals surface area contributed by atoms with E-state index in [4.69, 9.17) is 0 Å². The van der Waals surface area contributed by atoms with Gasteiger partial charge in [0.15, 0.2) is 0 Å². The monoisotopic (exact) mass is 312 g/mol. The Hall–Kier alpha value is -0.450. The maximum Gasteiger partial charge on any atom is 0.137 e. The number of halogens is 2. The molecular formula is C14H18BrFN2. The molecule has 98 valence electrons. The standard InChI is InChI=1S/C14H18BrFN2/c15-14-11(3-1-5-12(14)16)9-18-6-2-4-10-7-17-8-13(10)18/h1,3,5,10,13,17H,2,4,6-9H2. The van der Waals surface area contributed by atoms with Gasteiger partial charge < -0.3 is 5.32 Å². The van der Waals surface area contributed by atoms with Crippen LogP contribution < -0.4 is 5.32 Å². The highest BCUT2D eigenvalue weighted by molar-refractivity contribution is 9.10. The van der Waals surface area contributed by atoms with Crippen molar-refractivity contribution in [1.29, 1.82) is 0 Å². The number of fused-ring (bicyclic) bond motifs is 1. The molecule has 0 saturated carbocycles. The minimum Gasteiger partial charge on any atom is -0.315 e. The molecule has 3 rings (SSSR count). The van der Waals surface area contributed by atoms with Crippen LogP contribution >= 0.6 is 15.9 Å². The van der Waals surface area contributed by atoms with Crippen LogP contribution in [0.25, 0.3) is 0 Å². The van der Waals surface area contributed by atoms with E-state index < -0.39 is 0 Å². The van der Waals surface area contributed by atoms with E-state index in [1.807, 2.05) is 6.07 Å². The molecule has 2 heterocycles. The Bertz CT molecular complexity index is 438. The number of hydrogen-bond donors (Lipinski definition) is 1. The normalized spacial score (nSPS) is 28.3. The molecule has 2 aliphatic rings. The summed E-state index contributed by atoms with van der Waals surface area (Å²) in [6, 6.07) is 5.95. The van der Waals surface area contributed by atoms with E-state index in [0.717, 1.165) is 37.7 Å². The fourth-order valence-corrected chi connectivity index (χ4v) is 3.64. The summed E-state index contributed by atoms with van der Waals surface area (Å²) in [5.41, 5.74) is 1.06. The van der Waals surface area contributed by atoms with E-state index in [0.29, 0.717) is 10.5 Å². The van der Waals surface area contributed by atoms with Crippen molar-refractivity contribution in [3.05, 3.63) is 34.1 Å². The molecule has 2 saturated heterocycles. The van der Waals surface area contributed by atoms with Gasteiger partial charge in [0, 0.05) is 19.1 Å². The SMILES string of the molecule is Fc1cccc(CN2CCCC3CNCC32)c1Br. The van der Waals surface area contributed by atoms with Gasteiger partial charge in [-0.2, -0.15) is 0 Å². The van der Waals surface area contributed by atoms with E-state index >= 15 is 0 Å². The predicted molar refractivity (Wildman–Crippen MR) is 73.9 cm³/mol. The topological polar surface area (TPSA) is 15.3 Å². The van der Waals surface area contributed by atoms with Gasteiger partial charge in [-0.15, -0.1) is 0 Å². The molecule has 2 aliphatic heterocycles. The molecule has 1 aromatic rings. The quantitative estimate of drug-likeness (QED) is 0.903. The number of nitrogens with zero attached hydrogens (tertiary/aromatic N) is 1. The molecule has 0 amide bonds. The zero-order valence-electron chi connectivity index (χ0n) is 10.3. The van der Waals surface area contributed by atoms with Gasteiger partial charge in [0.1, 0.15) is 5.82 Å². The molecule has 18 heavy (non-hydrogen) atoms. The Balaban J connectivity index is 1.77. The van der Waals surface area contributed by atoms with Crippen molar-refractivity contribution in [1.82, 2.24) is 10.2 Å². The summed E-state index contributed by atoms with van der Waals surface area (Å²) in [6.07, 6.45) is 2.59. The van der Waals surface area contributed by atoms with Gasteiger partial charge in [0.2, 0.25) is 0 Å². The zero-order valence-corrected chi connectivity index (χ0v) is 11.9. The van der Waals surface area contributed by atoms with E-state index in [-0.39, 0.29) is 5.82 Å². The van der Waals surface area contributed by atoms with E-state index in [2.05, 4.69) is 26.1 Å². The maximum atomic E-state index is 13.5. The van der Waals surface area contributed by atoms with Crippen molar-refractivity contribution in [2.45, 2.75) is 25.4 Å². The summed E-state index contributed by atoms with van der Waals surface area (Å²) < 4.78 is 14.1. The molecule has 1 aromatic carbocycles. The van der Waals surface area contributed by atoms with Crippen LogP contribution in [0.3, 0.4) is 0 Å². The maximum absolute atomic E-state index is 13.5. The van der Waals surface area contributed by atoms with E-state index in [1.54, 1.807) is 6.07 Å². The van der Waals surface area contributed by atoms with Crippen molar-refractivity contribution in [3.8, 4) is 0 Å². The first kappa shape index (κ1) is 12.6.